The van der Waals surface area contributed by atoms with Crippen molar-refractivity contribution in [3.63, 3.8) is 0 Å². The van der Waals surface area contributed by atoms with E-state index in [0.29, 0.717) is 0 Å². The van der Waals surface area contributed by atoms with E-state index in [4.69, 9.17) is 9.73 Å². The first-order valence-corrected chi connectivity index (χ1v) is 9.38. The number of nitrogens with one attached hydrogen (secondary N) is 1. The Morgan fingerprint density at radius 3 is 2.36 bits per heavy atom. The molecule has 1 atom stereocenters. The molecule has 6 rings (SSSR count). The van der Waals surface area contributed by atoms with E-state index >= 15 is 0 Å². The minimum absolute atomic E-state index is 0.302. The van der Waals surface area contributed by atoms with Gasteiger partial charge in [-0.05, 0) is 49.7 Å². The number of ether oxygens (including phenoxy) is 1. The van der Waals surface area contributed by atoms with Crippen LogP contribution in [0.2, 0.25) is 0 Å². The minimum Gasteiger partial charge on any atom is -0.459 e. The fourth-order valence-corrected chi connectivity index (χ4v) is 4.43. The molecule has 1 N–H and O–H groups in total. The summed E-state index contributed by atoms with van der Waals surface area (Å²) in [5.41, 5.74) is 3.71. The summed E-state index contributed by atoms with van der Waals surface area (Å²) in [6.07, 6.45) is 5.48. The molecule has 0 amide bonds. The standard InChI is InChI=1S/C23H18N4O/c1-22(2)16-9-3-4-10-17(16)27-23(22)13-26-20-14-7-5-11-24-18(14)19-15(21(20)28-23)8-6-12-25-19/h3-13,27H,1-2H3. The van der Waals surface area contributed by atoms with E-state index in [1.54, 1.807) is 12.4 Å². The molecule has 0 radical (unpaired) electrons. The second kappa shape index (κ2) is 5.07. The molecule has 136 valence electrons. The van der Waals surface area contributed by atoms with Crippen molar-refractivity contribution >= 4 is 39.4 Å². The molecular weight excluding hydrogens is 348 g/mol. The quantitative estimate of drug-likeness (QED) is 0.446. The van der Waals surface area contributed by atoms with Crippen LogP contribution in [-0.4, -0.2) is 21.9 Å². The largest absolute Gasteiger partial charge is 0.459 e. The van der Waals surface area contributed by atoms with Crippen LogP contribution in [0.25, 0.3) is 21.8 Å². The maximum atomic E-state index is 6.77. The molecule has 5 heteroatoms. The lowest BCUT2D eigenvalue weighted by Gasteiger charge is -2.41. The molecule has 0 saturated heterocycles. The number of hydrogen-bond acceptors (Lipinski definition) is 5. The van der Waals surface area contributed by atoms with Gasteiger partial charge in [0.2, 0.25) is 5.72 Å². The van der Waals surface area contributed by atoms with E-state index < -0.39 is 5.72 Å². The van der Waals surface area contributed by atoms with Crippen molar-refractivity contribution in [1.82, 2.24) is 9.97 Å². The Balaban J connectivity index is 1.65. The van der Waals surface area contributed by atoms with Gasteiger partial charge in [0.25, 0.3) is 0 Å². The Bertz CT molecular complexity index is 1310. The molecule has 1 spiro atoms. The molecule has 2 aliphatic rings. The predicted octanol–water partition coefficient (Wildman–Crippen LogP) is 4.98. The Hall–Kier alpha value is -3.47. The average molecular weight is 366 g/mol. The normalized spacial score (nSPS) is 21.4. The summed E-state index contributed by atoms with van der Waals surface area (Å²) < 4.78 is 6.77. The number of pyridine rings is 2. The summed E-state index contributed by atoms with van der Waals surface area (Å²) in [5, 5.41) is 5.46. The van der Waals surface area contributed by atoms with E-state index in [1.807, 2.05) is 36.5 Å². The third kappa shape index (κ3) is 1.78. The van der Waals surface area contributed by atoms with Crippen molar-refractivity contribution in [2.45, 2.75) is 25.0 Å². The molecule has 4 heterocycles. The first-order valence-electron chi connectivity index (χ1n) is 9.38. The van der Waals surface area contributed by atoms with Crippen molar-refractivity contribution in [1.29, 1.82) is 0 Å². The maximum absolute atomic E-state index is 6.77. The molecule has 28 heavy (non-hydrogen) atoms. The molecule has 4 aromatic rings. The maximum Gasteiger partial charge on any atom is 0.226 e. The number of aliphatic imine (C=N–C) groups is 1. The SMILES string of the molecule is CC1(C)c2ccccc2NC12C=Nc1c(c3cccnc3c3ncccc13)O2. The van der Waals surface area contributed by atoms with Crippen molar-refractivity contribution in [2.24, 2.45) is 4.99 Å². The predicted molar refractivity (Wildman–Crippen MR) is 112 cm³/mol. The lowest BCUT2D eigenvalue weighted by molar-refractivity contribution is 0.109. The molecule has 0 aliphatic carbocycles. The number of aromatic nitrogens is 2. The second-order valence-electron chi connectivity index (χ2n) is 7.87. The van der Waals surface area contributed by atoms with Crippen LogP contribution in [0.3, 0.4) is 0 Å². The van der Waals surface area contributed by atoms with Crippen LogP contribution in [0, 0.1) is 0 Å². The van der Waals surface area contributed by atoms with Crippen LogP contribution in [0.4, 0.5) is 11.4 Å². The molecule has 5 nitrogen and oxygen atoms in total. The summed E-state index contributed by atoms with van der Waals surface area (Å²) in [7, 11) is 0. The van der Waals surface area contributed by atoms with Crippen LogP contribution < -0.4 is 10.1 Å². The first kappa shape index (κ1) is 15.6. The minimum atomic E-state index is -0.762. The number of rotatable bonds is 0. The molecule has 0 saturated carbocycles. The molecule has 1 unspecified atom stereocenters. The molecule has 2 aliphatic heterocycles. The Morgan fingerprint density at radius 1 is 0.857 bits per heavy atom. The highest BCUT2D eigenvalue weighted by atomic mass is 16.5. The Labute approximate surface area is 162 Å². The van der Waals surface area contributed by atoms with Gasteiger partial charge in [-0.1, -0.05) is 18.2 Å². The number of anilines is 1. The number of nitrogens with zero attached hydrogens (tertiary/aromatic N) is 3. The summed E-state index contributed by atoms with van der Waals surface area (Å²) >= 11 is 0. The van der Waals surface area contributed by atoms with Gasteiger partial charge < -0.3 is 10.1 Å². The monoisotopic (exact) mass is 366 g/mol. The van der Waals surface area contributed by atoms with E-state index in [9.17, 15) is 0 Å². The van der Waals surface area contributed by atoms with Gasteiger partial charge in [-0.25, -0.2) is 0 Å². The van der Waals surface area contributed by atoms with Crippen molar-refractivity contribution in [3.8, 4) is 5.75 Å². The molecule has 0 bridgehead atoms. The van der Waals surface area contributed by atoms with Gasteiger partial charge in [0.05, 0.1) is 17.1 Å². The third-order valence-corrected chi connectivity index (χ3v) is 6.04. The zero-order valence-electron chi connectivity index (χ0n) is 15.6. The fraction of sp³-hybridized carbons (Fsp3) is 0.174. The fourth-order valence-electron chi connectivity index (χ4n) is 4.43. The number of benzene rings is 2. The van der Waals surface area contributed by atoms with Gasteiger partial charge in [0, 0.05) is 28.9 Å². The number of fused-ring (bicyclic) bond motifs is 7. The van der Waals surface area contributed by atoms with Gasteiger partial charge in [-0.2, -0.15) is 0 Å². The van der Waals surface area contributed by atoms with Crippen LogP contribution >= 0.6 is 0 Å². The molecule has 2 aromatic carbocycles. The van der Waals surface area contributed by atoms with E-state index in [1.165, 1.54) is 5.56 Å². The van der Waals surface area contributed by atoms with E-state index in [2.05, 4.69) is 47.3 Å². The number of para-hydroxylation sites is 1. The van der Waals surface area contributed by atoms with E-state index in [0.717, 1.165) is 38.9 Å². The zero-order valence-corrected chi connectivity index (χ0v) is 15.6. The smallest absolute Gasteiger partial charge is 0.226 e. The van der Waals surface area contributed by atoms with Gasteiger partial charge in [0.1, 0.15) is 11.2 Å². The van der Waals surface area contributed by atoms with Gasteiger partial charge >= 0.3 is 0 Å². The third-order valence-electron chi connectivity index (χ3n) is 6.04. The van der Waals surface area contributed by atoms with Crippen LogP contribution in [0.5, 0.6) is 5.75 Å². The molecular formula is C23H18N4O. The number of hydrogen-bond donors (Lipinski definition) is 1. The molecule has 2 aromatic heterocycles. The summed E-state index contributed by atoms with van der Waals surface area (Å²) in [6, 6.07) is 16.2. The zero-order chi connectivity index (χ0) is 18.9. The van der Waals surface area contributed by atoms with Crippen LogP contribution in [-0.2, 0) is 5.41 Å². The summed E-state index contributed by atoms with van der Waals surface area (Å²) in [5.74, 6) is 0.750. The van der Waals surface area contributed by atoms with Crippen molar-refractivity contribution < 1.29 is 4.74 Å². The average Bonchev–Trinajstić information content (AvgIpc) is 2.95. The highest BCUT2D eigenvalue weighted by Gasteiger charge is 2.55. The van der Waals surface area contributed by atoms with E-state index in [-0.39, 0.29) is 5.41 Å². The topological polar surface area (TPSA) is 59.4 Å². The summed E-state index contributed by atoms with van der Waals surface area (Å²) in [6.45, 7) is 4.37. The Morgan fingerprint density at radius 2 is 1.57 bits per heavy atom. The van der Waals surface area contributed by atoms with Gasteiger partial charge in [-0.3, -0.25) is 15.0 Å². The van der Waals surface area contributed by atoms with Gasteiger partial charge in [-0.15, -0.1) is 0 Å². The lowest BCUT2D eigenvalue weighted by Crippen LogP contribution is -2.56. The summed E-state index contributed by atoms with van der Waals surface area (Å²) in [4.78, 5) is 14.1. The van der Waals surface area contributed by atoms with Crippen molar-refractivity contribution in [2.75, 3.05) is 5.32 Å². The first-order chi connectivity index (χ1) is 13.6. The Kier molecular flexibility index (Phi) is 2.82. The van der Waals surface area contributed by atoms with Crippen molar-refractivity contribution in [3.05, 3.63) is 66.5 Å². The highest BCUT2D eigenvalue weighted by molar-refractivity contribution is 6.14. The van der Waals surface area contributed by atoms with Crippen LogP contribution in [0.15, 0.2) is 65.9 Å². The lowest BCUT2D eigenvalue weighted by atomic mass is 9.78. The second-order valence-corrected chi connectivity index (χ2v) is 7.87. The highest BCUT2D eigenvalue weighted by Crippen LogP contribution is 2.53. The molecule has 0 fully saturated rings. The van der Waals surface area contributed by atoms with Gasteiger partial charge in [0.15, 0.2) is 5.75 Å². The van der Waals surface area contributed by atoms with Crippen LogP contribution in [0.1, 0.15) is 19.4 Å².